The van der Waals surface area contributed by atoms with E-state index < -0.39 is 0 Å². The molecule has 0 bridgehead atoms. The van der Waals surface area contributed by atoms with Crippen molar-refractivity contribution in [2.45, 2.75) is 32.7 Å². The molecule has 9 heteroatoms. The van der Waals surface area contributed by atoms with Crippen LogP contribution in [0, 0.1) is 0 Å². The Bertz CT molecular complexity index is 1050. The maximum absolute atomic E-state index is 13.7. The molecule has 0 spiro atoms. The van der Waals surface area contributed by atoms with Gasteiger partial charge in [-0.15, -0.1) is 0 Å². The summed E-state index contributed by atoms with van der Waals surface area (Å²) in [5, 5.41) is 3.17. The van der Waals surface area contributed by atoms with Crippen molar-refractivity contribution in [1.82, 2.24) is 14.9 Å². The second-order valence-electron chi connectivity index (χ2n) is 8.88. The first-order valence-electron chi connectivity index (χ1n) is 11.8. The number of amides is 2. The molecule has 0 saturated carbocycles. The maximum Gasteiger partial charge on any atom is 0.263 e. The van der Waals surface area contributed by atoms with E-state index >= 15 is 0 Å². The van der Waals surface area contributed by atoms with Gasteiger partial charge in [-0.2, -0.15) is 4.98 Å². The fraction of sp³-hybridized carbons (Fsp3) is 0.500. The molecular formula is C24H31N7O2. The second-order valence-corrected chi connectivity index (χ2v) is 8.88. The lowest BCUT2D eigenvalue weighted by atomic mass is 10.1. The molecule has 5 rings (SSSR count). The zero-order valence-corrected chi connectivity index (χ0v) is 19.3. The summed E-state index contributed by atoms with van der Waals surface area (Å²) in [5.41, 5.74) is 2.53. The highest BCUT2D eigenvalue weighted by Crippen LogP contribution is 2.35. The van der Waals surface area contributed by atoms with Gasteiger partial charge in [-0.3, -0.25) is 9.59 Å². The van der Waals surface area contributed by atoms with Crippen molar-refractivity contribution in [3.8, 4) is 0 Å². The van der Waals surface area contributed by atoms with E-state index in [9.17, 15) is 9.59 Å². The van der Waals surface area contributed by atoms with Crippen molar-refractivity contribution in [3.05, 3.63) is 36.0 Å². The standard InChI is InChI=1S/C24H31N7O2/c1-3-25-24-26-15-21-22(27-24)30-9-5-8-20(30)16-31(23(21)33)19-7-4-6-18(14-19)29-12-10-28(11-13-29)17(2)32/h4,6-7,14-15,20H,3,5,8-13,16H2,1-2H3,(H,25,26,27)/t20-/m0/s1. The van der Waals surface area contributed by atoms with Gasteiger partial charge in [-0.1, -0.05) is 6.07 Å². The Morgan fingerprint density at radius 1 is 1.15 bits per heavy atom. The summed E-state index contributed by atoms with van der Waals surface area (Å²) in [7, 11) is 0. The van der Waals surface area contributed by atoms with Crippen LogP contribution in [0.5, 0.6) is 0 Å². The van der Waals surface area contributed by atoms with Gasteiger partial charge in [0.2, 0.25) is 11.9 Å². The van der Waals surface area contributed by atoms with Gasteiger partial charge in [0.05, 0.1) is 0 Å². The minimum atomic E-state index is -0.0546. The number of carbonyl (C=O) groups excluding carboxylic acids is 2. The molecule has 1 N–H and O–H groups in total. The molecule has 33 heavy (non-hydrogen) atoms. The number of piperazine rings is 1. The van der Waals surface area contributed by atoms with Crippen LogP contribution in [-0.2, 0) is 4.79 Å². The molecule has 1 aromatic carbocycles. The minimum Gasteiger partial charge on any atom is -0.368 e. The van der Waals surface area contributed by atoms with E-state index in [0.717, 1.165) is 69.3 Å². The molecule has 2 aromatic rings. The number of aromatic nitrogens is 2. The van der Waals surface area contributed by atoms with Crippen LogP contribution in [0.15, 0.2) is 30.5 Å². The van der Waals surface area contributed by atoms with Gasteiger partial charge >= 0.3 is 0 Å². The predicted molar refractivity (Wildman–Crippen MR) is 129 cm³/mol. The van der Waals surface area contributed by atoms with Crippen molar-refractivity contribution in [2.75, 3.05) is 65.8 Å². The summed E-state index contributed by atoms with van der Waals surface area (Å²) in [5.74, 6) is 1.38. The van der Waals surface area contributed by atoms with Gasteiger partial charge in [0.15, 0.2) is 0 Å². The minimum absolute atomic E-state index is 0.0546. The smallest absolute Gasteiger partial charge is 0.263 e. The number of fused-ring (bicyclic) bond motifs is 3. The molecule has 1 atom stereocenters. The molecular weight excluding hydrogens is 418 g/mol. The number of hydrogen-bond acceptors (Lipinski definition) is 7. The first-order valence-corrected chi connectivity index (χ1v) is 11.8. The zero-order chi connectivity index (χ0) is 22.9. The lowest BCUT2D eigenvalue weighted by molar-refractivity contribution is -0.129. The largest absolute Gasteiger partial charge is 0.368 e. The summed E-state index contributed by atoms with van der Waals surface area (Å²) in [4.78, 5) is 42.8. The quantitative estimate of drug-likeness (QED) is 0.766. The van der Waals surface area contributed by atoms with Gasteiger partial charge in [-0.05, 0) is 38.0 Å². The molecule has 3 aliphatic heterocycles. The van der Waals surface area contributed by atoms with E-state index in [1.807, 2.05) is 28.9 Å². The summed E-state index contributed by atoms with van der Waals surface area (Å²) in [6.07, 6.45) is 3.80. The van der Waals surface area contributed by atoms with Crippen LogP contribution < -0.4 is 20.0 Å². The van der Waals surface area contributed by atoms with Crippen molar-refractivity contribution in [1.29, 1.82) is 0 Å². The number of carbonyl (C=O) groups is 2. The Labute approximate surface area is 194 Å². The molecule has 4 heterocycles. The fourth-order valence-electron chi connectivity index (χ4n) is 5.09. The third-order valence-corrected chi connectivity index (χ3v) is 6.85. The average molecular weight is 450 g/mol. The average Bonchev–Trinajstić information content (AvgIpc) is 3.26. The Balaban J connectivity index is 1.44. The fourth-order valence-corrected chi connectivity index (χ4v) is 5.09. The zero-order valence-electron chi connectivity index (χ0n) is 19.3. The molecule has 2 fully saturated rings. The highest BCUT2D eigenvalue weighted by atomic mass is 16.2. The van der Waals surface area contributed by atoms with E-state index in [2.05, 4.69) is 32.2 Å². The monoisotopic (exact) mass is 449 g/mol. The highest BCUT2D eigenvalue weighted by Gasteiger charge is 2.37. The molecule has 1 aromatic heterocycles. The lowest BCUT2D eigenvalue weighted by Crippen LogP contribution is -2.48. The van der Waals surface area contributed by atoms with Crippen molar-refractivity contribution >= 4 is 35.0 Å². The Kier molecular flexibility index (Phi) is 5.78. The number of nitrogens with zero attached hydrogens (tertiary/aromatic N) is 6. The van der Waals surface area contributed by atoms with E-state index in [1.165, 1.54) is 0 Å². The van der Waals surface area contributed by atoms with E-state index in [4.69, 9.17) is 4.98 Å². The van der Waals surface area contributed by atoms with Crippen LogP contribution in [0.2, 0.25) is 0 Å². The van der Waals surface area contributed by atoms with Crippen LogP contribution in [0.25, 0.3) is 0 Å². The van der Waals surface area contributed by atoms with Gasteiger partial charge in [0, 0.05) is 76.4 Å². The van der Waals surface area contributed by atoms with Gasteiger partial charge in [0.25, 0.3) is 5.91 Å². The van der Waals surface area contributed by atoms with Crippen molar-refractivity contribution < 1.29 is 9.59 Å². The third-order valence-electron chi connectivity index (χ3n) is 6.85. The molecule has 174 valence electrons. The van der Waals surface area contributed by atoms with Crippen LogP contribution in [0.4, 0.5) is 23.1 Å². The maximum atomic E-state index is 13.7. The van der Waals surface area contributed by atoms with Gasteiger partial charge < -0.3 is 24.9 Å². The topological polar surface area (TPSA) is 84.9 Å². The number of rotatable bonds is 4. The molecule has 0 aliphatic carbocycles. The lowest BCUT2D eigenvalue weighted by Gasteiger charge is -2.36. The summed E-state index contributed by atoms with van der Waals surface area (Å²) in [6.45, 7) is 8.92. The number of anilines is 4. The molecule has 0 radical (unpaired) electrons. The van der Waals surface area contributed by atoms with Crippen molar-refractivity contribution in [2.24, 2.45) is 0 Å². The van der Waals surface area contributed by atoms with E-state index in [1.54, 1.807) is 13.1 Å². The second kappa shape index (κ2) is 8.88. The van der Waals surface area contributed by atoms with Gasteiger partial charge in [0.1, 0.15) is 11.4 Å². The number of benzene rings is 1. The summed E-state index contributed by atoms with van der Waals surface area (Å²) >= 11 is 0. The number of nitrogens with one attached hydrogen (secondary N) is 1. The Hall–Kier alpha value is -3.36. The summed E-state index contributed by atoms with van der Waals surface area (Å²) in [6, 6.07) is 8.43. The Morgan fingerprint density at radius 3 is 2.70 bits per heavy atom. The van der Waals surface area contributed by atoms with Crippen LogP contribution >= 0.6 is 0 Å². The highest BCUT2D eigenvalue weighted by molar-refractivity contribution is 6.10. The number of hydrogen-bond donors (Lipinski definition) is 1. The SMILES string of the molecule is CCNc1ncc2c(n1)N1CCC[C@H]1CN(c1cccc(N3CCN(C(C)=O)CC3)c1)C2=O. The molecule has 3 aliphatic rings. The van der Waals surface area contributed by atoms with Crippen LogP contribution in [0.1, 0.15) is 37.0 Å². The first kappa shape index (κ1) is 21.5. The Morgan fingerprint density at radius 2 is 1.94 bits per heavy atom. The molecule has 9 nitrogen and oxygen atoms in total. The van der Waals surface area contributed by atoms with Gasteiger partial charge in [-0.25, -0.2) is 4.98 Å². The predicted octanol–water partition coefficient (Wildman–Crippen LogP) is 2.21. The van der Waals surface area contributed by atoms with E-state index in [-0.39, 0.29) is 17.9 Å². The first-order chi connectivity index (χ1) is 16.0. The van der Waals surface area contributed by atoms with Crippen LogP contribution in [0.3, 0.4) is 0 Å². The third kappa shape index (κ3) is 4.07. The molecule has 0 unspecified atom stereocenters. The summed E-state index contributed by atoms with van der Waals surface area (Å²) < 4.78 is 0. The van der Waals surface area contributed by atoms with E-state index in [0.29, 0.717) is 18.1 Å². The van der Waals surface area contributed by atoms with Crippen molar-refractivity contribution in [3.63, 3.8) is 0 Å². The molecule has 2 amide bonds. The normalized spacial score (nSPS) is 20.4. The van der Waals surface area contributed by atoms with Crippen LogP contribution in [-0.4, -0.2) is 78.5 Å². The molecule has 2 saturated heterocycles.